The number of aromatic nitrogens is 2. The standard InChI is InChI=1S/C23H29N3O2S/c1-15(2)17-10-9-16(3)13-21(17)28-14-22(27)24-20(11-12-29-4)23-25-18-7-5-6-8-19(18)26-23/h5-10,13,15,20H,11-12,14H2,1-4H3,(H,24,27)(H,25,26)/t20-/m1/s1. The van der Waals surface area contributed by atoms with E-state index in [9.17, 15) is 4.79 Å². The largest absolute Gasteiger partial charge is 0.483 e. The molecule has 29 heavy (non-hydrogen) atoms. The first-order chi connectivity index (χ1) is 14.0. The summed E-state index contributed by atoms with van der Waals surface area (Å²) in [4.78, 5) is 20.7. The average molecular weight is 412 g/mol. The number of amides is 1. The summed E-state index contributed by atoms with van der Waals surface area (Å²) in [5.41, 5.74) is 4.11. The molecule has 154 valence electrons. The zero-order chi connectivity index (χ0) is 20.8. The van der Waals surface area contributed by atoms with Gasteiger partial charge in [0.25, 0.3) is 5.91 Å². The zero-order valence-electron chi connectivity index (χ0n) is 17.5. The number of fused-ring (bicyclic) bond motifs is 1. The molecule has 0 aliphatic heterocycles. The van der Waals surface area contributed by atoms with Crippen molar-refractivity contribution < 1.29 is 9.53 Å². The molecule has 0 fully saturated rings. The van der Waals surface area contributed by atoms with Crippen molar-refractivity contribution >= 4 is 28.7 Å². The van der Waals surface area contributed by atoms with E-state index >= 15 is 0 Å². The van der Waals surface area contributed by atoms with Gasteiger partial charge in [-0.1, -0.05) is 38.1 Å². The van der Waals surface area contributed by atoms with E-state index in [1.807, 2.05) is 37.3 Å². The van der Waals surface area contributed by atoms with Crippen LogP contribution in [0.15, 0.2) is 42.5 Å². The van der Waals surface area contributed by atoms with Crippen LogP contribution in [0.5, 0.6) is 5.75 Å². The molecular formula is C23H29N3O2S. The maximum atomic E-state index is 12.7. The van der Waals surface area contributed by atoms with Crippen LogP contribution in [0.1, 0.15) is 49.2 Å². The number of H-pyrrole nitrogens is 1. The average Bonchev–Trinajstić information content (AvgIpc) is 3.13. The first kappa shape index (κ1) is 21.2. The van der Waals surface area contributed by atoms with Crippen LogP contribution in [-0.4, -0.2) is 34.5 Å². The highest BCUT2D eigenvalue weighted by molar-refractivity contribution is 7.98. The predicted molar refractivity (Wildman–Crippen MR) is 121 cm³/mol. The van der Waals surface area contributed by atoms with Gasteiger partial charge in [0.2, 0.25) is 0 Å². The van der Waals surface area contributed by atoms with Gasteiger partial charge in [0, 0.05) is 0 Å². The number of imidazole rings is 1. The molecule has 2 N–H and O–H groups in total. The van der Waals surface area contributed by atoms with E-state index in [2.05, 4.69) is 47.5 Å². The lowest BCUT2D eigenvalue weighted by Crippen LogP contribution is -2.33. The second kappa shape index (κ2) is 9.83. The number of rotatable bonds is 9. The zero-order valence-corrected chi connectivity index (χ0v) is 18.3. The Hall–Kier alpha value is -2.47. The SMILES string of the molecule is CSCC[C@@H](NC(=O)COc1cc(C)ccc1C(C)C)c1nc2ccccc2[nH]1. The molecule has 1 atom stereocenters. The molecule has 0 radical (unpaired) electrons. The minimum absolute atomic E-state index is 0.0147. The third-order valence-corrected chi connectivity index (χ3v) is 5.48. The minimum Gasteiger partial charge on any atom is -0.483 e. The molecule has 3 aromatic rings. The van der Waals surface area contributed by atoms with E-state index in [0.29, 0.717) is 5.92 Å². The first-order valence-electron chi connectivity index (χ1n) is 9.94. The fourth-order valence-corrected chi connectivity index (χ4v) is 3.74. The number of benzene rings is 2. The molecule has 0 spiro atoms. The number of nitrogens with one attached hydrogen (secondary N) is 2. The van der Waals surface area contributed by atoms with E-state index in [1.54, 1.807) is 11.8 Å². The van der Waals surface area contributed by atoms with Crippen molar-refractivity contribution in [3.8, 4) is 5.75 Å². The maximum absolute atomic E-state index is 12.7. The molecule has 0 bridgehead atoms. The maximum Gasteiger partial charge on any atom is 0.258 e. The third kappa shape index (κ3) is 5.54. The van der Waals surface area contributed by atoms with Crippen LogP contribution in [0.2, 0.25) is 0 Å². The van der Waals surface area contributed by atoms with Gasteiger partial charge in [-0.05, 0) is 60.6 Å². The number of ether oxygens (including phenoxy) is 1. The summed E-state index contributed by atoms with van der Waals surface area (Å²) >= 11 is 1.75. The number of hydrogen-bond donors (Lipinski definition) is 2. The lowest BCUT2D eigenvalue weighted by molar-refractivity contribution is -0.123. The fourth-order valence-electron chi connectivity index (χ4n) is 3.27. The van der Waals surface area contributed by atoms with Crippen molar-refractivity contribution in [3.05, 3.63) is 59.4 Å². The van der Waals surface area contributed by atoms with E-state index in [-0.39, 0.29) is 18.6 Å². The molecule has 5 nitrogen and oxygen atoms in total. The van der Waals surface area contributed by atoms with Gasteiger partial charge in [0.1, 0.15) is 11.6 Å². The summed E-state index contributed by atoms with van der Waals surface area (Å²) < 4.78 is 5.89. The van der Waals surface area contributed by atoms with Gasteiger partial charge < -0.3 is 15.0 Å². The number of aromatic amines is 1. The van der Waals surface area contributed by atoms with Crippen molar-refractivity contribution in [2.45, 2.75) is 39.2 Å². The number of thioether (sulfide) groups is 1. The molecule has 1 aromatic heterocycles. The lowest BCUT2D eigenvalue weighted by Gasteiger charge is -2.18. The second-order valence-corrected chi connectivity index (χ2v) is 8.51. The van der Waals surface area contributed by atoms with Gasteiger partial charge in [-0.15, -0.1) is 0 Å². The Labute approximate surface area is 176 Å². The quantitative estimate of drug-likeness (QED) is 0.521. The Morgan fingerprint density at radius 1 is 1.24 bits per heavy atom. The van der Waals surface area contributed by atoms with Crippen molar-refractivity contribution in [2.75, 3.05) is 18.6 Å². The highest BCUT2D eigenvalue weighted by Gasteiger charge is 2.19. The van der Waals surface area contributed by atoms with Crippen LogP contribution >= 0.6 is 11.8 Å². The molecule has 0 aliphatic rings. The molecule has 1 heterocycles. The minimum atomic E-state index is -0.173. The Kier molecular flexibility index (Phi) is 7.20. The van der Waals surface area contributed by atoms with Crippen LogP contribution in [0.4, 0.5) is 0 Å². The molecule has 6 heteroatoms. The third-order valence-electron chi connectivity index (χ3n) is 4.83. The Morgan fingerprint density at radius 3 is 2.76 bits per heavy atom. The van der Waals surface area contributed by atoms with Gasteiger partial charge in [0.15, 0.2) is 6.61 Å². The van der Waals surface area contributed by atoms with Crippen LogP contribution < -0.4 is 10.1 Å². The van der Waals surface area contributed by atoms with Crippen molar-refractivity contribution in [3.63, 3.8) is 0 Å². The van der Waals surface area contributed by atoms with Crippen LogP contribution in [-0.2, 0) is 4.79 Å². The van der Waals surface area contributed by atoms with Crippen molar-refractivity contribution in [2.24, 2.45) is 0 Å². The molecular weight excluding hydrogens is 382 g/mol. The van der Waals surface area contributed by atoms with Crippen LogP contribution in [0.25, 0.3) is 11.0 Å². The highest BCUT2D eigenvalue weighted by atomic mass is 32.2. The Bertz CT molecular complexity index is 935. The smallest absolute Gasteiger partial charge is 0.258 e. The summed E-state index contributed by atoms with van der Waals surface area (Å²) in [5.74, 6) is 2.68. The van der Waals surface area contributed by atoms with Gasteiger partial charge in [-0.3, -0.25) is 4.79 Å². The normalized spacial score (nSPS) is 12.3. The first-order valence-corrected chi connectivity index (χ1v) is 11.3. The van der Waals surface area contributed by atoms with E-state index < -0.39 is 0 Å². The van der Waals surface area contributed by atoms with E-state index in [0.717, 1.165) is 45.9 Å². The number of para-hydroxylation sites is 2. The molecule has 1 amide bonds. The molecule has 0 saturated carbocycles. The topological polar surface area (TPSA) is 67.0 Å². The van der Waals surface area contributed by atoms with E-state index in [4.69, 9.17) is 4.74 Å². The summed E-state index contributed by atoms with van der Waals surface area (Å²) in [5, 5.41) is 3.09. The number of carbonyl (C=O) groups excluding carboxylic acids is 1. The lowest BCUT2D eigenvalue weighted by atomic mass is 10.0. The number of nitrogens with zero attached hydrogens (tertiary/aromatic N) is 1. The van der Waals surface area contributed by atoms with Crippen LogP contribution in [0.3, 0.4) is 0 Å². The number of hydrogen-bond acceptors (Lipinski definition) is 4. The Balaban J connectivity index is 1.70. The summed E-state index contributed by atoms with van der Waals surface area (Å²) in [7, 11) is 0. The van der Waals surface area contributed by atoms with Gasteiger partial charge in [-0.2, -0.15) is 11.8 Å². The van der Waals surface area contributed by atoms with Gasteiger partial charge >= 0.3 is 0 Å². The van der Waals surface area contributed by atoms with Crippen molar-refractivity contribution in [1.82, 2.24) is 15.3 Å². The molecule has 0 aliphatic carbocycles. The Morgan fingerprint density at radius 2 is 2.03 bits per heavy atom. The monoisotopic (exact) mass is 411 g/mol. The molecule has 0 saturated heterocycles. The van der Waals surface area contributed by atoms with Crippen molar-refractivity contribution in [1.29, 1.82) is 0 Å². The highest BCUT2D eigenvalue weighted by Crippen LogP contribution is 2.27. The molecule has 0 unspecified atom stereocenters. The number of carbonyl (C=O) groups is 1. The summed E-state index contributed by atoms with van der Waals surface area (Å²) in [6.07, 6.45) is 2.86. The second-order valence-electron chi connectivity index (χ2n) is 7.53. The molecule has 2 aromatic carbocycles. The van der Waals surface area contributed by atoms with Crippen LogP contribution in [0, 0.1) is 6.92 Å². The van der Waals surface area contributed by atoms with Gasteiger partial charge in [-0.25, -0.2) is 4.98 Å². The number of aryl methyl sites for hydroxylation is 1. The summed E-state index contributed by atoms with van der Waals surface area (Å²) in [6.45, 7) is 6.26. The van der Waals surface area contributed by atoms with Gasteiger partial charge in [0.05, 0.1) is 17.1 Å². The van der Waals surface area contributed by atoms with E-state index in [1.165, 1.54) is 0 Å². The predicted octanol–water partition coefficient (Wildman–Crippen LogP) is 4.98. The molecule has 3 rings (SSSR count). The summed E-state index contributed by atoms with van der Waals surface area (Å²) in [6, 6.07) is 13.9. The fraction of sp³-hybridized carbons (Fsp3) is 0.391.